The normalized spacial score (nSPS) is 10.5. The van der Waals surface area contributed by atoms with Gasteiger partial charge in [-0.05, 0) is 31.2 Å². The minimum Gasteiger partial charge on any atom is -0.461 e. The molecule has 0 aliphatic carbocycles. The summed E-state index contributed by atoms with van der Waals surface area (Å²) in [4.78, 5) is 16.5. The maximum atomic E-state index is 13.6. The number of halogens is 1. The number of nitrogens with zero attached hydrogens (tertiary/aromatic N) is 3. The van der Waals surface area contributed by atoms with Gasteiger partial charge in [-0.3, -0.25) is 4.40 Å². The van der Waals surface area contributed by atoms with Crippen molar-refractivity contribution in [1.82, 2.24) is 9.38 Å². The van der Waals surface area contributed by atoms with Gasteiger partial charge in [-0.2, -0.15) is 5.26 Å². The molecule has 23 heavy (non-hydrogen) atoms. The van der Waals surface area contributed by atoms with Crippen molar-refractivity contribution in [3.63, 3.8) is 0 Å². The molecule has 0 saturated heterocycles. The number of fused-ring (bicyclic) bond motifs is 1. The van der Waals surface area contributed by atoms with Gasteiger partial charge in [0, 0.05) is 11.8 Å². The van der Waals surface area contributed by atoms with E-state index in [2.05, 4.69) is 4.98 Å². The third-order valence-electron chi connectivity index (χ3n) is 3.34. The van der Waals surface area contributed by atoms with Crippen LogP contribution in [0.5, 0.6) is 0 Å². The summed E-state index contributed by atoms with van der Waals surface area (Å²) < 4.78 is 20.2. The Morgan fingerprint density at radius 1 is 1.39 bits per heavy atom. The number of hydrogen-bond donors (Lipinski definition) is 0. The van der Waals surface area contributed by atoms with Crippen LogP contribution in [0.1, 0.15) is 23.0 Å². The molecular formula is C17H12FN3O2. The Morgan fingerprint density at radius 3 is 2.91 bits per heavy atom. The molecule has 0 bridgehead atoms. The average Bonchev–Trinajstić information content (AvgIpc) is 2.94. The molecule has 0 aliphatic heterocycles. The fourth-order valence-corrected chi connectivity index (χ4v) is 2.41. The summed E-state index contributed by atoms with van der Waals surface area (Å²) in [5.74, 6) is -1.04. The zero-order chi connectivity index (χ0) is 16.4. The Labute approximate surface area is 131 Å². The number of aromatic nitrogens is 2. The number of imidazole rings is 1. The lowest BCUT2D eigenvalue weighted by Crippen LogP contribution is -2.07. The topological polar surface area (TPSA) is 67.4 Å². The molecule has 0 fully saturated rings. The van der Waals surface area contributed by atoms with Crippen molar-refractivity contribution in [3.8, 4) is 17.3 Å². The Hall–Kier alpha value is -3.20. The lowest BCUT2D eigenvalue weighted by Gasteiger charge is -2.05. The number of esters is 1. The largest absolute Gasteiger partial charge is 0.461 e. The van der Waals surface area contributed by atoms with Crippen molar-refractivity contribution in [3.05, 3.63) is 59.7 Å². The summed E-state index contributed by atoms with van der Waals surface area (Å²) in [5.41, 5.74) is 1.59. The van der Waals surface area contributed by atoms with Crippen molar-refractivity contribution in [1.29, 1.82) is 5.26 Å². The maximum Gasteiger partial charge on any atom is 0.359 e. The van der Waals surface area contributed by atoms with E-state index in [1.165, 1.54) is 12.1 Å². The number of nitriles is 1. The number of hydrogen-bond acceptors (Lipinski definition) is 4. The molecule has 0 saturated carbocycles. The molecule has 0 spiro atoms. The van der Waals surface area contributed by atoms with Crippen LogP contribution in [0.15, 0.2) is 42.6 Å². The summed E-state index contributed by atoms with van der Waals surface area (Å²) in [7, 11) is 0. The minimum atomic E-state index is -0.612. The number of carbonyl (C=O) groups is 1. The molecule has 5 nitrogen and oxygen atoms in total. The fraction of sp³-hybridized carbons (Fsp3) is 0.118. The van der Waals surface area contributed by atoms with Gasteiger partial charge >= 0.3 is 5.97 Å². The second-order valence-corrected chi connectivity index (χ2v) is 4.77. The number of carbonyl (C=O) groups excluding carboxylic acids is 1. The number of ether oxygens (including phenoxy) is 1. The van der Waals surface area contributed by atoms with Crippen LogP contribution in [0.2, 0.25) is 0 Å². The van der Waals surface area contributed by atoms with Crippen LogP contribution < -0.4 is 0 Å². The third kappa shape index (κ3) is 2.53. The summed E-state index contributed by atoms with van der Waals surface area (Å²) in [6, 6.07) is 11.2. The Balaban J connectivity index is 2.35. The van der Waals surface area contributed by atoms with Crippen molar-refractivity contribution in [2.45, 2.75) is 6.92 Å². The number of rotatable bonds is 3. The Morgan fingerprint density at radius 2 is 2.22 bits per heavy atom. The van der Waals surface area contributed by atoms with Crippen LogP contribution in [0.25, 0.3) is 16.9 Å². The highest BCUT2D eigenvalue weighted by molar-refractivity contribution is 5.96. The molecule has 2 aromatic heterocycles. The van der Waals surface area contributed by atoms with Gasteiger partial charge in [-0.25, -0.2) is 14.2 Å². The molecule has 114 valence electrons. The van der Waals surface area contributed by atoms with Gasteiger partial charge in [-0.1, -0.05) is 12.1 Å². The molecule has 0 radical (unpaired) electrons. The third-order valence-corrected chi connectivity index (χ3v) is 3.34. The number of pyridine rings is 1. The van der Waals surface area contributed by atoms with Gasteiger partial charge in [0.15, 0.2) is 11.3 Å². The first kappa shape index (κ1) is 14.7. The van der Waals surface area contributed by atoms with Crippen LogP contribution in [0, 0.1) is 17.1 Å². The fourth-order valence-electron chi connectivity index (χ4n) is 2.41. The quantitative estimate of drug-likeness (QED) is 0.697. The predicted octanol–water partition coefficient (Wildman–Crippen LogP) is 3.19. The highest BCUT2D eigenvalue weighted by Crippen LogP contribution is 2.27. The van der Waals surface area contributed by atoms with E-state index in [0.717, 1.165) is 0 Å². The molecule has 0 aliphatic rings. The Kier molecular flexibility index (Phi) is 3.77. The first-order chi connectivity index (χ1) is 11.2. The average molecular weight is 309 g/mol. The SMILES string of the molecule is CCOC(=O)c1nc2c(C#N)cccn2c1-c1cccc(F)c1. The van der Waals surface area contributed by atoms with Crippen LogP contribution >= 0.6 is 0 Å². The van der Waals surface area contributed by atoms with Crippen LogP contribution in [-0.4, -0.2) is 22.0 Å². The summed E-state index contributed by atoms with van der Waals surface area (Å²) in [5, 5.41) is 9.21. The van der Waals surface area contributed by atoms with Gasteiger partial charge in [0.05, 0.1) is 17.9 Å². The van der Waals surface area contributed by atoms with E-state index in [4.69, 9.17) is 4.74 Å². The minimum absolute atomic E-state index is 0.0557. The predicted molar refractivity (Wildman–Crippen MR) is 81.3 cm³/mol. The molecule has 0 N–H and O–H groups in total. The van der Waals surface area contributed by atoms with Crippen molar-refractivity contribution >= 4 is 11.6 Å². The maximum absolute atomic E-state index is 13.6. The molecule has 3 aromatic rings. The van der Waals surface area contributed by atoms with E-state index in [0.29, 0.717) is 22.5 Å². The smallest absolute Gasteiger partial charge is 0.359 e. The van der Waals surface area contributed by atoms with Gasteiger partial charge < -0.3 is 4.74 Å². The molecule has 3 rings (SSSR count). The first-order valence-corrected chi connectivity index (χ1v) is 7.00. The zero-order valence-corrected chi connectivity index (χ0v) is 12.3. The molecule has 0 atom stereocenters. The van der Waals surface area contributed by atoms with E-state index < -0.39 is 11.8 Å². The number of benzene rings is 1. The lowest BCUT2D eigenvalue weighted by atomic mass is 10.1. The van der Waals surface area contributed by atoms with Crippen molar-refractivity contribution in [2.75, 3.05) is 6.61 Å². The second kappa shape index (κ2) is 5.89. The standard InChI is InChI=1S/C17H12FN3O2/c1-2-23-17(22)14-15(11-5-3-7-13(18)9-11)21-8-4-6-12(10-19)16(21)20-14/h3-9H,2H2,1H3. The molecule has 6 heteroatoms. The van der Waals surface area contributed by atoms with Gasteiger partial charge in [0.25, 0.3) is 0 Å². The van der Waals surface area contributed by atoms with Crippen LogP contribution in [-0.2, 0) is 4.74 Å². The van der Waals surface area contributed by atoms with Crippen molar-refractivity contribution < 1.29 is 13.9 Å². The van der Waals surface area contributed by atoms with E-state index in [-0.39, 0.29) is 12.3 Å². The van der Waals surface area contributed by atoms with Gasteiger partial charge in [0.1, 0.15) is 11.9 Å². The monoisotopic (exact) mass is 309 g/mol. The van der Waals surface area contributed by atoms with Crippen LogP contribution in [0.4, 0.5) is 4.39 Å². The van der Waals surface area contributed by atoms with Gasteiger partial charge in [-0.15, -0.1) is 0 Å². The zero-order valence-electron chi connectivity index (χ0n) is 12.3. The summed E-state index contributed by atoms with van der Waals surface area (Å²) >= 11 is 0. The molecular weight excluding hydrogens is 297 g/mol. The highest BCUT2D eigenvalue weighted by Gasteiger charge is 2.22. The summed E-state index contributed by atoms with van der Waals surface area (Å²) in [6.07, 6.45) is 1.67. The summed E-state index contributed by atoms with van der Waals surface area (Å²) in [6.45, 7) is 1.89. The van der Waals surface area contributed by atoms with E-state index in [1.807, 2.05) is 6.07 Å². The highest BCUT2D eigenvalue weighted by atomic mass is 19.1. The lowest BCUT2D eigenvalue weighted by molar-refractivity contribution is 0.0521. The molecule has 2 heterocycles. The second-order valence-electron chi connectivity index (χ2n) is 4.77. The van der Waals surface area contributed by atoms with Crippen LogP contribution in [0.3, 0.4) is 0 Å². The Bertz CT molecular complexity index is 941. The van der Waals surface area contributed by atoms with Crippen molar-refractivity contribution in [2.24, 2.45) is 0 Å². The molecule has 0 unspecified atom stereocenters. The van der Waals surface area contributed by atoms with Gasteiger partial charge in [0.2, 0.25) is 0 Å². The van der Waals surface area contributed by atoms with E-state index in [1.54, 1.807) is 41.8 Å². The molecule has 1 aromatic carbocycles. The first-order valence-electron chi connectivity index (χ1n) is 7.00. The van der Waals surface area contributed by atoms with E-state index in [9.17, 15) is 14.4 Å². The molecule has 0 amide bonds. The van der Waals surface area contributed by atoms with E-state index >= 15 is 0 Å².